The summed E-state index contributed by atoms with van der Waals surface area (Å²) in [4.78, 5) is 31.6. The predicted octanol–water partition coefficient (Wildman–Crippen LogP) is 1.71. The Morgan fingerprint density at radius 2 is 1.69 bits per heavy atom. The molecule has 2 aromatic heterocycles. The molecular weight excluding hydrogens is 366 g/mol. The number of aryl methyl sites for hydroxylation is 2. The van der Waals surface area contributed by atoms with E-state index < -0.39 is 0 Å². The fraction of sp³-hybridized carbons (Fsp3) is 0.227. The lowest BCUT2D eigenvalue weighted by Crippen LogP contribution is -2.44. The second kappa shape index (κ2) is 6.77. The third kappa shape index (κ3) is 2.77. The topological polar surface area (TPSA) is 66.9 Å². The first-order valence-electron chi connectivity index (χ1n) is 9.77. The molecule has 146 valence electrons. The molecule has 0 saturated heterocycles. The SMILES string of the molecule is Cn1c(=O)n(CCc2ccccc2)c(=O)c2c1[nH]c1[n+]2CCN1c1ccccc1. The smallest absolute Gasteiger partial charge is 0.267 e. The highest BCUT2D eigenvalue weighted by Crippen LogP contribution is 2.25. The average molecular weight is 388 g/mol. The van der Waals surface area contributed by atoms with Crippen LogP contribution in [0.15, 0.2) is 70.3 Å². The number of rotatable bonds is 4. The summed E-state index contributed by atoms with van der Waals surface area (Å²) in [6.07, 6.45) is 0.634. The van der Waals surface area contributed by atoms with Gasteiger partial charge < -0.3 is 0 Å². The molecule has 0 amide bonds. The number of nitrogens with zero attached hydrogens (tertiary/aromatic N) is 4. The molecule has 5 rings (SSSR count). The van der Waals surface area contributed by atoms with Gasteiger partial charge in [0.05, 0.1) is 0 Å². The number of hydrogen-bond acceptors (Lipinski definition) is 3. The molecule has 7 nitrogen and oxygen atoms in total. The molecule has 0 saturated carbocycles. The highest BCUT2D eigenvalue weighted by molar-refractivity contribution is 5.70. The summed E-state index contributed by atoms with van der Waals surface area (Å²) >= 11 is 0. The molecule has 3 heterocycles. The van der Waals surface area contributed by atoms with Crippen LogP contribution in [0.5, 0.6) is 0 Å². The number of fused-ring (bicyclic) bond motifs is 3. The van der Waals surface area contributed by atoms with Gasteiger partial charge in [-0.15, -0.1) is 0 Å². The van der Waals surface area contributed by atoms with E-state index in [0.29, 0.717) is 30.7 Å². The minimum Gasteiger partial charge on any atom is -0.267 e. The minimum atomic E-state index is -0.301. The quantitative estimate of drug-likeness (QED) is 0.541. The summed E-state index contributed by atoms with van der Waals surface area (Å²) in [6, 6.07) is 19.9. The van der Waals surface area contributed by atoms with E-state index in [1.807, 2.05) is 65.2 Å². The Balaban J connectivity index is 1.61. The van der Waals surface area contributed by atoms with Crippen LogP contribution in [0.4, 0.5) is 11.6 Å². The predicted molar refractivity (Wildman–Crippen MR) is 112 cm³/mol. The van der Waals surface area contributed by atoms with Crippen LogP contribution in [0, 0.1) is 0 Å². The lowest BCUT2D eigenvalue weighted by atomic mass is 10.1. The van der Waals surface area contributed by atoms with Gasteiger partial charge in [-0.05, 0) is 24.1 Å². The Hall–Kier alpha value is -3.61. The number of H-pyrrole nitrogens is 1. The summed E-state index contributed by atoms with van der Waals surface area (Å²) in [5, 5.41) is 0. The normalized spacial score (nSPS) is 13.2. The first-order valence-corrected chi connectivity index (χ1v) is 9.77. The van der Waals surface area contributed by atoms with Crippen LogP contribution in [0.25, 0.3) is 11.2 Å². The standard InChI is InChI=1S/C22H21N5O2/c1-24-19-18(20(28)27(22(24)29)13-12-16-8-4-2-5-9-16)26-15-14-25(21(26)23-19)17-10-6-3-7-11-17/h2-11H,12-15H2,1H3/p+1. The van der Waals surface area contributed by atoms with Crippen molar-refractivity contribution in [3.8, 4) is 0 Å². The highest BCUT2D eigenvalue weighted by Gasteiger charge is 2.35. The van der Waals surface area contributed by atoms with Crippen LogP contribution in [0.1, 0.15) is 5.56 Å². The van der Waals surface area contributed by atoms with Gasteiger partial charge >= 0.3 is 11.6 Å². The molecular formula is C22H22N5O2+. The van der Waals surface area contributed by atoms with Gasteiger partial charge in [0.15, 0.2) is 0 Å². The Labute approximate surface area is 167 Å². The van der Waals surface area contributed by atoms with E-state index in [0.717, 1.165) is 23.7 Å². The molecule has 7 heteroatoms. The van der Waals surface area contributed by atoms with Gasteiger partial charge in [-0.2, -0.15) is 0 Å². The number of para-hydroxylation sites is 1. The van der Waals surface area contributed by atoms with Crippen molar-refractivity contribution in [1.29, 1.82) is 0 Å². The molecule has 0 aliphatic carbocycles. The summed E-state index contributed by atoms with van der Waals surface area (Å²) in [5.74, 6) is 0.833. The van der Waals surface area contributed by atoms with Crippen molar-refractivity contribution in [2.75, 3.05) is 11.4 Å². The summed E-state index contributed by atoms with van der Waals surface area (Å²) < 4.78 is 4.88. The van der Waals surface area contributed by atoms with E-state index in [9.17, 15) is 9.59 Å². The number of anilines is 2. The molecule has 0 radical (unpaired) electrons. The zero-order valence-electron chi connectivity index (χ0n) is 16.2. The zero-order chi connectivity index (χ0) is 20.0. The number of benzene rings is 2. The molecule has 0 atom stereocenters. The number of imidazole rings is 1. The molecule has 0 spiro atoms. The van der Waals surface area contributed by atoms with Crippen molar-refractivity contribution in [2.45, 2.75) is 19.5 Å². The van der Waals surface area contributed by atoms with Gasteiger partial charge in [-0.25, -0.2) is 19.2 Å². The second-order valence-electron chi connectivity index (χ2n) is 7.32. The van der Waals surface area contributed by atoms with Crippen LogP contribution in [0.3, 0.4) is 0 Å². The Morgan fingerprint density at radius 1 is 1.00 bits per heavy atom. The molecule has 1 N–H and O–H groups in total. The molecule has 29 heavy (non-hydrogen) atoms. The van der Waals surface area contributed by atoms with Crippen molar-refractivity contribution < 1.29 is 4.57 Å². The van der Waals surface area contributed by atoms with E-state index in [4.69, 9.17) is 0 Å². The van der Waals surface area contributed by atoms with Crippen molar-refractivity contribution >= 4 is 22.8 Å². The number of hydrogen-bond donors (Lipinski definition) is 1. The largest absolute Gasteiger partial charge is 0.364 e. The van der Waals surface area contributed by atoms with Crippen LogP contribution in [0.2, 0.25) is 0 Å². The molecule has 1 aliphatic rings. The fourth-order valence-corrected chi connectivity index (χ4v) is 4.10. The maximum atomic E-state index is 13.3. The number of nitrogens with one attached hydrogen (secondary N) is 1. The van der Waals surface area contributed by atoms with Crippen LogP contribution >= 0.6 is 0 Å². The zero-order valence-corrected chi connectivity index (χ0v) is 16.2. The van der Waals surface area contributed by atoms with Crippen LogP contribution in [-0.4, -0.2) is 20.7 Å². The number of aromatic amines is 1. The van der Waals surface area contributed by atoms with Gasteiger partial charge in [-0.3, -0.25) is 13.9 Å². The van der Waals surface area contributed by atoms with Gasteiger partial charge in [0.25, 0.3) is 5.56 Å². The van der Waals surface area contributed by atoms with Gasteiger partial charge in [-0.1, -0.05) is 48.5 Å². The molecule has 4 aromatic rings. The van der Waals surface area contributed by atoms with Crippen LogP contribution < -0.4 is 20.7 Å². The summed E-state index contributed by atoms with van der Waals surface area (Å²) in [6.45, 7) is 1.82. The molecule has 0 bridgehead atoms. The van der Waals surface area contributed by atoms with E-state index in [-0.39, 0.29) is 11.2 Å². The highest BCUT2D eigenvalue weighted by atomic mass is 16.2. The van der Waals surface area contributed by atoms with E-state index in [2.05, 4.69) is 9.88 Å². The maximum absolute atomic E-state index is 13.3. The first kappa shape index (κ1) is 17.5. The van der Waals surface area contributed by atoms with Crippen LogP contribution in [-0.2, 0) is 26.6 Å². The van der Waals surface area contributed by atoms with E-state index >= 15 is 0 Å². The van der Waals surface area contributed by atoms with Crippen molar-refractivity contribution in [3.05, 3.63) is 87.1 Å². The molecule has 0 fully saturated rings. The Bertz CT molecular complexity index is 1300. The van der Waals surface area contributed by atoms with Crippen molar-refractivity contribution in [3.63, 3.8) is 0 Å². The minimum absolute atomic E-state index is 0.239. The Kier molecular flexibility index (Phi) is 4.08. The summed E-state index contributed by atoms with van der Waals surface area (Å²) in [5.41, 5.74) is 2.73. The van der Waals surface area contributed by atoms with Crippen molar-refractivity contribution in [2.24, 2.45) is 7.05 Å². The van der Waals surface area contributed by atoms with E-state index in [1.165, 1.54) is 9.13 Å². The monoisotopic (exact) mass is 388 g/mol. The lowest BCUT2D eigenvalue weighted by molar-refractivity contribution is -0.644. The third-order valence-corrected chi connectivity index (χ3v) is 5.62. The molecule has 0 unspecified atom stereocenters. The average Bonchev–Trinajstić information content (AvgIpc) is 3.33. The maximum Gasteiger partial charge on any atom is 0.364 e. The lowest BCUT2D eigenvalue weighted by Gasteiger charge is -2.09. The van der Waals surface area contributed by atoms with Crippen molar-refractivity contribution in [1.82, 2.24) is 14.1 Å². The third-order valence-electron chi connectivity index (χ3n) is 5.62. The molecule has 2 aromatic carbocycles. The van der Waals surface area contributed by atoms with Gasteiger partial charge in [0.1, 0.15) is 18.8 Å². The van der Waals surface area contributed by atoms with Gasteiger partial charge in [0.2, 0.25) is 11.2 Å². The molecule has 1 aliphatic heterocycles. The summed E-state index contributed by atoms with van der Waals surface area (Å²) in [7, 11) is 1.71. The fourth-order valence-electron chi connectivity index (χ4n) is 4.10. The second-order valence-corrected chi connectivity index (χ2v) is 7.32. The van der Waals surface area contributed by atoms with E-state index in [1.54, 1.807) is 7.05 Å². The first-order chi connectivity index (χ1) is 14.1. The number of aromatic nitrogens is 4. The Morgan fingerprint density at radius 3 is 2.41 bits per heavy atom. The van der Waals surface area contributed by atoms with Gasteiger partial charge in [0, 0.05) is 13.6 Å².